The molecule has 0 atom stereocenters. The molecular formula is C23H35NO9S. The number of ether oxygens (including phenoxy) is 7. The average molecular weight is 502 g/mol. The number of nitrogens with one attached hydrogen (secondary N) is 1. The number of esters is 1. The largest absolute Gasteiger partial charge is 0.460 e. The monoisotopic (exact) mass is 501 g/mol. The number of rotatable bonds is 21. The molecule has 0 heterocycles. The maximum absolute atomic E-state index is 11.7. The quantitative estimate of drug-likeness (QED) is 0.117. The van der Waals surface area contributed by atoms with E-state index in [0.29, 0.717) is 71.8 Å². The van der Waals surface area contributed by atoms with Gasteiger partial charge in [0.05, 0.1) is 66.1 Å². The van der Waals surface area contributed by atoms with Crippen molar-refractivity contribution in [3.05, 3.63) is 36.9 Å². The lowest BCUT2D eigenvalue weighted by atomic mass is 10.3. The highest BCUT2D eigenvalue weighted by atomic mass is 32.2. The van der Waals surface area contributed by atoms with E-state index >= 15 is 0 Å². The second-order valence-corrected chi connectivity index (χ2v) is 7.31. The minimum atomic E-state index is -0.515. The van der Waals surface area contributed by atoms with E-state index in [9.17, 15) is 9.59 Å². The summed E-state index contributed by atoms with van der Waals surface area (Å²) >= 11 is 1.60. The van der Waals surface area contributed by atoms with Crippen LogP contribution in [0.2, 0.25) is 0 Å². The van der Waals surface area contributed by atoms with Crippen molar-refractivity contribution in [1.82, 2.24) is 0 Å². The lowest BCUT2D eigenvalue weighted by Gasteiger charge is -2.09. The Morgan fingerprint density at radius 3 is 1.74 bits per heavy atom. The van der Waals surface area contributed by atoms with Crippen molar-refractivity contribution >= 4 is 29.5 Å². The molecule has 1 rings (SSSR count). The lowest BCUT2D eigenvalue weighted by molar-refractivity contribution is -0.139. The van der Waals surface area contributed by atoms with Gasteiger partial charge in [0, 0.05) is 16.7 Å². The van der Waals surface area contributed by atoms with Gasteiger partial charge in [-0.15, -0.1) is 11.8 Å². The van der Waals surface area contributed by atoms with E-state index in [-0.39, 0.29) is 13.2 Å². The van der Waals surface area contributed by atoms with Gasteiger partial charge in [0.25, 0.3) is 0 Å². The van der Waals surface area contributed by atoms with Gasteiger partial charge in [0.2, 0.25) is 0 Å². The Bertz CT molecular complexity index is 690. The standard InChI is InChI=1S/C23H35NO9S/c1-3-22(25)32-17-15-30-13-11-28-9-7-27-8-10-29-12-14-31-16-18-33-23(26)24-20-5-4-6-21(19-20)34-2/h3-6,19H,1,7-18H2,2H3,(H,24,26). The van der Waals surface area contributed by atoms with Crippen molar-refractivity contribution < 1.29 is 42.7 Å². The van der Waals surface area contributed by atoms with Crippen LogP contribution in [0.25, 0.3) is 0 Å². The van der Waals surface area contributed by atoms with Gasteiger partial charge in [0.15, 0.2) is 0 Å². The Morgan fingerprint density at radius 2 is 1.26 bits per heavy atom. The fourth-order valence-electron chi connectivity index (χ4n) is 2.29. The van der Waals surface area contributed by atoms with Crippen LogP contribution in [0.3, 0.4) is 0 Å². The normalized spacial score (nSPS) is 10.6. The van der Waals surface area contributed by atoms with Crippen LogP contribution in [0.5, 0.6) is 0 Å². The van der Waals surface area contributed by atoms with Crippen LogP contribution < -0.4 is 5.32 Å². The number of carbonyl (C=O) groups excluding carboxylic acids is 2. The summed E-state index contributed by atoms with van der Waals surface area (Å²) < 4.78 is 36.6. The summed E-state index contributed by atoms with van der Waals surface area (Å²) in [6.45, 7) is 7.74. The second kappa shape index (κ2) is 21.4. The zero-order valence-electron chi connectivity index (χ0n) is 19.7. The van der Waals surface area contributed by atoms with Crippen LogP contribution >= 0.6 is 11.8 Å². The first-order chi connectivity index (χ1) is 16.7. The Hall–Kier alpha value is -2.15. The predicted molar refractivity (Wildman–Crippen MR) is 128 cm³/mol. The molecule has 1 N–H and O–H groups in total. The molecule has 192 valence electrons. The molecule has 0 aliphatic carbocycles. The zero-order valence-corrected chi connectivity index (χ0v) is 20.5. The zero-order chi connectivity index (χ0) is 24.7. The van der Waals surface area contributed by atoms with Gasteiger partial charge in [-0.05, 0) is 24.5 Å². The molecule has 0 aliphatic heterocycles. The Balaban J connectivity index is 1.78. The minimum absolute atomic E-state index is 0.158. The minimum Gasteiger partial charge on any atom is -0.460 e. The fraction of sp³-hybridized carbons (Fsp3) is 0.565. The van der Waals surface area contributed by atoms with Crippen molar-refractivity contribution in [1.29, 1.82) is 0 Å². The number of thioether (sulfide) groups is 1. The SMILES string of the molecule is C=CC(=O)OCCOCCOCCOCCOCCOCCOC(=O)Nc1cccc(SC)c1. The molecule has 0 aromatic heterocycles. The fourth-order valence-corrected chi connectivity index (χ4v) is 2.75. The number of hydrogen-bond donors (Lipinski definition) is 1. The van der Waals surface area contributed by atoms with E-state index in [1.165, 1.54) is 0 Å². The third-order valence-corrected chi connectivity index (χ3v) is 4.63. The summed E-state index contributed by atoms with van der Waals surface area (Å²) in [5.74, 6) is -0.464. The van der Waals surface area contributed by atoms with E-state index in [4.69, 9.17) is 33.2 Å². The maximum Gasteiger partial charge on any atom is 0.411 e. The van der Waals surface area contributed by atoms with E-state index in [2.05, 4.69) is 11.9 Å². The molecule has 0 saturated carbocycles. The van der Waals surface area contributed by atoms with Gasteiger partial charge in [0.1, 0.15) is 13.2 Å². The third kappa shape index (κ3) is 17.3. The lowest BCUT2D eigenvalue weighted by Crippen LogP contribution is -2.18. The van der Waals surface area contributed by atoms with E-state index in [1.807, 2.05) is 24.5 Å². The van der Waals surface area contributed by atoms with Crippen LogP contribution in [0.15, 0.2) is 41.8 Å². The van der Waals surface area contributed by atoms with Gasteiger partial charge in [-0.2, -0.15) is 0 Å². The first kappa shape index (κ1) is 29.9. The summed E-state index contributed by atoms with van der Waals surface area (Å²) in [6.07, 6.45) is 2.56. The number of benzene rings is 1. The molecule has 0 radical (unpaired) electrons. The topological polar surface area (TPSA) is 111 Å². The van der Waals surface area contributed by atoms with Gasteiger partial charge in [-0.25, -0.2) is 9.59 Å². The van der Waals surface area contributed by atoms with Crippen molar-refractivity contribution in [2.24, 2.45) is 0 Å². The van der Waals surface area contributed by atoms with Crippen LogP contribution in [0.4, 0.5) is 10.5 Å². The van der Waals surface area contributed by atoms with Crippen molar-refractivity contribution in [2.45, 2.75) is 4.90 Å². The number of anilines is 1. The first-order valence-corrected chi connectivity index (χ1v) is 12.1. The predicted octanol–water partition coefficient (Wildman–Crippen LogP) is 2.77. The molecule has 10 nitrogen and oxygen atoms in total. The molecule has 1 amide bonds. The van der Waals surface area contributed by atoms with Crippen LogP contribution in [-0.4, -0.2) is 97.6 Å². The van der Waals surface area contributed by atoms with Crippen molar-refractivity contribution in [3.8, 4) is 0 Å². The third-order valence-electron chi connectivity index (χ3n) is 3.90. The molecule has 0 saturated heterocycles. The highest BCUT2D eigenvalue weighted by Gasteiger charge is 2.03. The molecule has 1 aromatic carbocycles. The molecule has 0 bridgehead atoms. The highest BCUT2D eigenvalue weighted by molar-refractivity contribution is 7.98. The summed E-state index contributed by atoms with van der Waals surface area (Å²) in [7, 11) is 0. The van der Waals surface area contributed by atoms with E-state index in [1.54, 1.807) is 17.8 Å². The molecule has 0 unspecified atom stereocenters. The highest BCUT2D eigenvalue weighted by Crippen LogP contribution is 2.18. The molecular weight excluding hydrogens is 466 g/mol. The Morgan fingerprint density at radius 1 is 0.794 bits per heavy atom. The van der Waals surface area contributed by atoms with Gasteiger partial charge in [-0.1, -0.05) is 12.6 Å². The van der Waals surface area contributed by atoms with Gasteiger partial charge in [-0.3, -0.25) is 5.32 Å². The summed E-state index contributed by atoms with van der Waals surface area (Å²) in [5.41, 5.74) is 0.690. The molecule has 0 aliphatic rings. The van der Waals surface area contributed by atoms with E-state index < -0.39 is 12.1 Å². The van der Waals surface area contributed by atoms with Crippen LogP contribution in [0, 0.1) is 0 Å². The summed E-state index contributed by atoms with van der Waals surface area (Å²) in [6, 6.07) is 7.52. The number of amides is 1. The molecule has 11 heteroatoms. The Labute approximate surface area is 205 Å². The molecule has 0 fully saturated rings. The molecule has 0 spiro atoms. The van der Waals surface area contributed by atoms with Crippen molar-refractivity contribution in [2.75, 3.05) is 90.9 Å². The summed E-state index contributed by atoms with van der Waals surface area (Å²) in [4.78, 5) is 23.6. The van der Waals surface area contributed by atoms with Gasteiger partial charge < -0.3 is 33.2 Å². The molecule has 34 heavy (non-hydrogen) atoms. The molecule has 1 aromatic rings. The van der Waals surface area contributed by atoms with Crippen LogP contribution in [0.1, 0.15) is 0 Å². The first-order valence-electron chi connectivity index (χ1n) is 10.9. The smallest absolute Gasteiger partial charge is 0.411 e. The average Bonchev–Trinajstić information content (AvgIpc) is 2.85. The van der Waals surface area contributed by atoms with Gasteiger partial charge >= 0.3 is 12.1 Å². The number of hydrogen-bond acceptors (Lipinski definition) is 10. The summed E-state index contributed by atoms with van der Waals surface area (Å²) in [5, 5.41) is 2.68. The second-order valence-electron chi connectivity index (χ2n) is 6.43. The van der Waals surface area contributed by atoms with Crippen LogP contribution in [-0.2, 0) is 38.0 Å². The Kier molecular flexibility index (Phi) is 18.8. The maximum atomic E-state index is 11.7. The number of carbonyl (C=O) groups is 2. The van der Waals surface area contributed by atoms with Crippen molar-refractivity contribution in [3.63, 3.8) is 0 Å². The van der Waals surface area contributed by atoms with E-state index in [0.717, 1.165) is 11.0 Å².